The van der Waals surface area contributed by atoms with E-state index < -0.39 is 11.2 Å². The summed E-state index contributed by atoms with van der Waals surface area (Å²) in [5.41, 5.74) is 6.39. The molecule has 1 unspecified atom stereocenters. The van der Waals surface area contributed by atoms with Crippen molar-refractivity contribution in [3.63, 3.8) is 0 Å². The molecule has 0 aliphatic carbocycles. The molecule has 0 aliphatic heterocycles. The number of Topliss-reactive ketones (excluding diaryl/α,β-unsaturated/α-hetero) is 1. The maximum absolute atomic E-state index is 14.4. The van der Waals surface area contributed by atoms with Crippen molar-refractivity contribution in [2.45, 2.75) is 113 Å². The molecule has 4 heteroatoms. The van der Waals surface area contributed by atoms with Gasteiger partial charge in [0.15, 0.2) is 0 Å². The van der Waals surface area contributed by atoms with E-state index in [2.05, 4.69) is 78.2 Å². The van der Waals surface area contributed by atoms with Crippen LogP contribution in [0.25, 0.3) is 5.57 Å². The van der Waals surface area contributed by atoms with Gasteiger partial charge < -0.3 is 5.32 Å². The molecule has 3 nitrogen and oxygen atoms in total. The standard InChI is InChI=1S/C38H55FN2O/c1-12-18-24-40-36(30(10)31(11)41-35(19-13-2)34(39)17-6)26-28(8)32-20-21-33(29(9)25-32)38(22-14-3,23-15-4)37(42)27(7)16-5/h13,17,19-21,24-27,41H,6,8,12,14-16,18,22-23H2,1-5,7,9-11H3/b19-13-,31-30+,35-34-,36-26+,40-24?. The summed E-state index contributed by atoms with van der Waals surface area (Å²) >= 11 is 0. The third kappa shape index (κ3) is 9.64. The Morgan fingerprint density at radius 1 is 1.12 bits per heavy atom. The highest BCUT2D eigenvalue weighted by atomic mass is 19.1. The summed E-state index contributed by atoms with van der Waals surface area (Å²) in [5.74, 6) is -0.0357. The van der Waals surface area contributed by atoms with Gasteiger partial charge in [0.25, 0.3) is 0 Å². The fourth-order valence-corrected chi connectivity index (χ4v) is 5.41. The molecule has 0 saturated heterocycles. The lowest BCUT2D eigenvalue weighted by atomic mass is 9.65. The Labute approximate surface area is 256 Å². The molecule has 1 N–H and O–H groups in total. The van der Waals surface area contributed by atoms with E-state index in [0.717, 1.165) is 84.2 Å². The normalized spacial score (nSPS) is 14.6. The number of ketones is 1. The zero-order chi connectivity index (χ0) is 31.9. The molecule has 1 rings (SSSR count). The molecule has 0 saturated carbocycles. The van der Waals surface area contributed by atoms with E-state index in [1.165, 1.54) is 6.08 Å². The topological polar surface area (TPSA) is 41.5 Å². The summed E-state index contributed by atoms with van der Waals surface area (Å²) in [7, 11) is 0. The quantitative estimate of drug-likeness (QED) is 0.140. The van der Waals surface area contributed by atoms with Crippen molar-refractivity contribution in [1.29, 1.82) is 0 Å². The molecule has 1 aromatic rings. The second-order valence-electron chi connectivity index (χ2n) is 11.3. The Morgan fingerprint density at radius 3 is 2.26 bits per heavy atom. The SMILES string of the molecule is C=C/C(F)=C(\C=C/C)N/C(C)=C(C)/C(=C\C(=C)c1ccc(C(CCC)(CCC)C(=O)C(C)CC)c(C)c1)N=CCCC. The molecule has 42 heavy (non-hydrogen) atoms. The lowest BCUT2D eigenvalue weighted by molar-refractivity contribution is -0.129. The second kappa shape index (κ2) is 18.3. The van der Waals surface area contributed by atoms with E-state index in [-0.39, 0.29) is 5.92 Å². The number of halogens is 1. The van der Waals surface area contributed by atoms with Crippen molar-refractivity contribution in [2.24, 2.45) is 10.9 Å². The van der Waals surface area contributed by atoms with Gasteiger partial charge in [0.2, 0.25) is 0 Å². The zero-order valence-electron chi connectivity index (χ0n) is 27.8. The molecule has 0 aromatic heterocycles. The van der Waals surface area contributed by atoms with Crippen LogP contribution in [0.1, 0.15) is 117 Å². The van der Waals surface area contributed by atoms with Crippen LogP contribution in [-0.2, 0) is 10.2 Å². The molecule has 0 radical (unpaired) electrons. The number of rotatable bonds is 18. The van der Waals surface area contributed by atoms with Gasteiger partial charge in [-0.25, -0.2) is 4.39 Å². The third-order valence-corrected chi connectivity index (χ3v) is 8.00. The molecular formula is C38H55FN2O. The highest BCUT2D eigenvalue weighted by Gasteiger charge is 2.41. The largest absolute Gasteiger partial charge is 0.356 e. The predicted octanol–water partition coefficient (Wildman–Crippen LogP) is 11.0. The summed E-state index contributed by atoms with van der Waals surface area (Å²) in [6.45, 7) is 26.4. The molecule has 1 atom stereocenters. The number of hydrogen-bond donors (Lipinski definition) is 1. The van der Waals surface area contributed by atoms with E-state index >= 15 is 0 Å². The van der Waals surface area contributed by atoms with Crippen LogP contribution >= 0.6 is 0 Å². The summed E-state index contributed by atoms with van der Waals surface area (Å²) in [5, 5.41) is 3.18. The van der Waals surface area contributed by atoms with Crippen LogP contribution in [0.2, 0.25) is 0 Å². The highest BCUT2D eigenvalue weighted by Crippen LogP contribution is 2.40. The number of nitrogens with one attached hydrogen (secondary N) is 1. The van der Waals surface area contributed by atoms with Gasteiger partial charge >= 0.3 is 0 Å². The van der Waals surface area contributed by atoms with Gasteiger partial charge in [-0.1, -0.05) is 91.3 Å². The Balaban J connectivity index is 3.66. The van der Waals surface area contributed by atoms with Gasteiger partial charge in [-0.3, -0.25) is 9.79 Å². The smallest absolute Gasteiger partial charge is 0.146 e. The molecule has 0 heterocycles. The second-order valence-corrected chi connectivity index (χ2v) is 11.3. The minimum atomic E-state index is -0.463. The molecule has 0 spiro atoms. The average Bonchev–Trinajstić information content (AvgIpc) is 2.98. The third-order valence-electron chi connectivity index (χ3n) is 8.00. The molecule has 0 aliphatic rings. The molecule has 1 aromatic carbocycles. The van der Waals surface area contributed by atoms with Crippen molar-refractivity contribution in [3.05, 3.63) is 101 Å². The monoisotopic (exact) mass is 574 g/mol. The van der Waals surface area contributed by atoms with E-state index in [1.54, 1.807) is 12.2 Å². The fourth-order valence-electron chi connectivity index (χ4n) is 5.41. The number of nitrogens with zero attached hydrogens (tertiary/aromatic N) is 1. The Kier molecular flexibility index (Phi) is 16.0. The van der Waals surface area contributed by atoms with E-state index in [0.29, 0.717) is 11.5 Å². The van der Waals surface area contributed by atoms with Crippen molar-refractivity contribution < 1.29 is 9.18 Å². The number of allylic oxidation sites excluding steroid dienone is 8. The molecule has 230 valence electrons. The van der Waals surface area contributed by atoms with Crippen LogP contribution in [0.4, 0.5) is 4.39 Å². The minimum Gasteiger partial charge on any atom is -0.356 e. The lowest BCUT2D eigenvalue weighted by Gasteiger charge is -2.36. The van der Waals surface area contributed by atoms with E-state index in [9.17, 15) is 9.18 Å². The van der Waals surface area contributed by atoms with Crippen molar-refractivity contribution >= 4 is 17.6 Å². The van der Waals surface area contributed by atoms with Crippen molar-refractivity contribution in [2.75, 3.05) is 0 Å². The van der Waals surface area contributed by atoms with Crippen LogP contribution in [0, 0.1) is 12.8 Å². The minimum absolute atomic E-state index is 0.0263. The number of hydrogen-bond acceptors (Lipinski definition) is 3. The Morgan fingerprint density at radius 2 is 1.76 bits per heavy atom. The van der Waals surface area contributed by atoms with Gasteiger partial charge in [-0.05, 0) is 99.4 Å². The number of unbranched alkanes of at least 4 members (excludes halogenated alkanes) is 1. The molecule has 0 amide bonds. The first-order chi connectivity index (χ1) is 20.0. The number of aryl methyl sites for hydroxylation is 1. The van der Waals surface area contributed by atoms with Crippen LogP contribution in [0.15, 0.2) is 89.1 Å². The molecular weight excluding hydrogens is 519 g/mol. The summed E-state index contributed by atoms with van der Waals surface area (Å²) in [6.07, 6.45) is 14.9. The van der Waals surface area contributed by atoms with Crippen molar-refractivity contribution in [1.82, 2.24) is 5.32 Å². The Hall–Kier alpha value is -3.27. The number of benzene rings is 1. The van der Waals surface area contributed by atoms with Crippen LogP contribution in [0.3, 0.4) is 0 Å². The fraction of sp³-hybridized carbons (Fsp3) is 0.474. The average molecular weight is 575 g/mol. The first kappa shape index (κ1) is 36.8. The molecule has 0 bridgehead atoms. The number of carbonyl (C=O) groups excluding carboxylic acids is 1. The van der Waals surface area contributed by atoms with E-state index in [4.69, 9.17) is 4.99 Å². The van der Waals surface area contributed by atoms with Crippen LogP contribution in [-0.4, -0.2) is 12.0 Å². The first-order valence-corrected chi connectivity index (χ1v) is 15.7. The Bertz CT molecular complexity index is 1240. The van der Waals surface area contributed by atoms with E-state index in [1.807, 2.05) is 33.1 Å². The van der Waals surface area contributed by atoms with Gasteiger partial charge in [0.1, 0.15) is 11.6 Å². The first-order valence-electron chi connectivity index (χ1n) is 15.7. The lowest BCUT2D eigenvalue weighted by Crippen LogP contribution is -2.40. The van der Waals surface area contributed by atoms with Crippen molar-refractivity contribution in [3.8, 4) is 0 Å². The summed E-state index contributed by atoms with van der Waals surface area (Å²) in [4.78, 5) is 18.6. The maximum atomic E-state index is 14.4. The maximum Gasteiger partial charge on any atom is 0.146 e. The summed E-state index contributed by atoms with van der Waals surface area (Å²) < 4.78 is 14.4. The van der Waals surface area contributed by atoms with Gasteiger partial charge in [0.05, 0.1) is 16.8 Å². The van der Waals surface area contributed by atoms with Gasteiger partial charge in [0, 0.05) is 17.8 Å². The number of aliphatic imine (C=N–C) groups is 1. The highest BCUT2D eigenvalue weighted by molar-refractivity contribution is 5.92. The molecule has 0 fully saturated rings. The van der Waals surface area contributed by atoms with Crippen LogP contribution in [0.5, 0.6) is 0 Å². The number of carbonyl (C=O) groups is 1. The van der Waals surface area contributed by atoms with Gasteiger partial charge in [-0.2, -0.15) is 0 Å². The summed E-state index contributed by atoms with van der Waals surface area (Å²) in [6, 6.07) is 6.40. The van der Waals surface area contributed by atoms with Crippen LogP contribution < -0.4 is 5.32 Å². The van der Waals surface area contributed by atoms with Gasteiger partial charge in [-0.15, -0.1) is 0 Å². The predicted molar refractivity (Wildman–Crippen MR) is 182 cm³/mol. The zero-order valence-corrected chi connectivity index (χ0v) is 27.8.